The predicted octanol–water partition coefficient (Wildman–Crippen LogP) is 3.39. The molecule has 0 amide bonds. The van der Waals surface area contributed by atoms with E-state index in [2.05, 4.69) is 50.4 Å². The number of nitriles is 1. The van der Waals surface area contributed by atoms with Crippen molar-refractivity contribution in [1.29, 1.82) is 5.26 Å². The van der Waals surface area contributed by atoms with Gasteiger partial charge in [-0.15, -0.1) is 0 Å². The zero-order valence-electron chi connectivity index (χ0n) is 12.9. The molecule has 2 rings (SSSR count). The summed E-state index contributed by atoms with van der Waals surface area (Å²) in [5.41, 5.74) is 1.84. The van der Waals surface area contributed by atoms with Crippen molar-refractivity contribution in [2.24, 2.45) is 5.92 Å². The molecular weight excluding hydrogens is 248 g/mol. The first kappa shape index (κ1) is 14.9. The third-order valence-electron chi connectivity index (χ3n) is 4.17. The van der Waals surface area contributed by atoms with Crippen LogP contribution in [0.4, 0.5) is 0 Å². The fourth-order valence-electron chi connectivity index (χ4n) is 2.58. The quantitative estimate of drug-likeness (QED) is 0.863. The summed E-state index contributed by atoms with van der Waals surface area (Å²) in [6.07, 6.45) is 2.23. The first-order valence-electron chi connectivity index (χ1n) is 7.36. The van der Waals surface area contributed by atoms with E-state index in [0.717, 1.165) is 18.6 Å². The maximum absolute atomic E-state index is 9.51. The molecular formula is C17H24N2O. The van der Waals surface area contributed by atoms with Gasteiger partial charge in [0.15, 0.2) is 0 Å². The SMILES string of the molecule is CNC(C#N)(COc1cc(C)ccc1C(C)C)C1CC1. The molecule has 0 aliphatic heterocycles. The largest absolute Gasteiger partial charge is 0.490 e. The highest BCUT2D eigenvalue weighted by Crippen LogP contribution is 2.40. The van der Waals surface area contributed by atoms with Gasteiger partial charge in [0, 0.05) is 0 Å². The van der Waals surface area contributed by atoms with Gasteiger partial charge in [-0.1, -0.05) is 26.0 Å². The van der Waals surface area contributed by atoms with Gasteiger partial charge in [-0.2, -0.15) is 5.26 Å². The van der Waals surface area contributed by atoms with Crippen LogP contribution in [-0.2, 0) is 0 Å². The minimum atomic E-state index is -0.544. The molecule has 0 saturated heterocycles. The normalized spacial score (nSPS) is 17.6. The Balaban J connectivity index is 2.17. The highest BCUT2D eigenvalue weighted by atomic mass is 16.5. The summed E-state index contributed by atoms with van der Waals surface area (Å²) >= 11 is 0. The second-order valence-corrected chi connectivity index (χ2v) is 6.09. The Kier molecular flexibility index (Phi) is 4.35. The van der Waals surface area contributed by atoms with Crippen LogP contribution in [0.25, 0.3) is 0 Å². The van der Waals surface area contributed by atoms with Crippen LogP contribution in [-0.4, -0.2) is 19.2 Å². The van der Waals surface area contributed by atoms with Crippen LogP contribution in [0, 0.1) is 24.2 Å². The Morgan fingerprint density at radius 1 is 1.45 bits per heavy atom. The Labute approximate surface area is 121 Å². The number of hydrogen-bond acceptors (Lipinski definition) is 3. The van der Waals surface area contributed by atoms with E-state index in [-0.39, 0.29) is 0 Å². The Morgan fingerprint density at radius 2 is 2.15 bits per heavy atom. The molecule has 1 aromatic rings. The van der Waals surface area contributed by atoms with E-state index in [1.807, 2.05) is 7.05 Å². The predicted molar refractivity (Wildman–Crippen MR) is 80.9 cm³/mol. The van der Waals surface area contributed by atoms with Crippen LogP contribution >= 0.6 is 0 Å². The van der Waals surface area contributed by atoms with Gasteiger partial charge in [-0.3, -0.25) is 5.32 Å². The average molecular weight is 272 g/mol. The molecule has 1 fully saturated rings. The molecule has 1 unspecified atom stereocenters. The number of aryl methyl sites for hydroxylation is 1. The number of likely N-dealkylation sites (N-methyl/N-ethyl adjacent to an activating group) is 1. The summed E-state index contributed by atoms with van der Waals surface area (Å²) in [6.45, 7) is 6.80. The van der Waals surface area contributed by atoms with Crippen molar-refractivity contribution in [3.05, 3.63) is 29.3 Å². The van der Waals surface area contributed by atoms with E-state index in [4.69, 9.17) is 4.74 Å². The highest BCUT2D eigenvalue weighted by molar-refractivity contribution is 5.39. The van der Waals surface area contributed by atoms with Crippen LogP contribution < -0.4 is 10.1 Å². The van der Waals surface area contributed by atoms with Gasteiger partial charge in [-0.25, -0.2) is 0 Å². The van der Waals surface area contributed by atoms with Gasteiger partial charge in [0.25, 0.3) is 0 Å². The third-order valence-corrected chi connectivity index (χ3v) is 4.17. The van der Waals surface area contributed by atoms with Crippen molar-refractivity contribution >= 4 is 0 Å². The summed E-state index contributed by atoms with van der Waals surface area (Å²) in [4.78, 5) is 0. The lowest BCUT2D eigenvalue weighted by Gasteiger charge is -2.27. The van der Waals surface area contributed by atoms with Crippen LogP contribution in [0.3, 0.4) is 0 Å². The van der Waals surface area contributed by atoms with E-state index < -0.39 is 5.54 Å². The lowest BCUT2D eigenvalue weighted by Crippen LogP contribution is -2.49. The van der Waals surface area contributed by atoms with Gasteiger partial charge < -0.3 is 4.74 Å². The van der Waals surface area contributed by atoms with Crippen LogP contribution in [0.2, 0.25) is 0 Å². The smallest absolute Gasteiger partial charge is 0.143 e. The number of nitrogens with one attached hydrogen (secondary N) is 1. The second-order valence-electron chi connectivity index (χ2n) is 6.09. The number of rotatable bonds is 6. The summed E-state index contributed by atoms with van der Waals surface area (Å²) < 4.78 is 6.04. The number of ether oxygens (including phenoxy) is 1. The monoisotopic (exact) mass is 272 g/mol. The Morgan fingerprint density at radius 3 is 2.65 bits per heavy atom. The zero-order chi connectivity index (χ0) is 14.8. The molecule has 0 radical (unpaired) electrons. The fourth-order valence-corrected chi connectivity index (χ4v) is 2.58. The summed E-state index contributed by atoms with van der Waals surface area (Å²) in [7, 11) is 1.85. The molecule has 1 saturated carbocycles. The molecule has 0 bridgehead atoms. The van der Waals surface area contributed by atoms with Crippen LogP contribution in [0.5, 0.6) is 5.75 Å². The maximum atomic E-state index is 9.51. The van der Waals surface area contributed by atoms with E-state index in [1.54, 1.807) is 0 Å². The molecule has 0 spiro atoms. The molecule has 1 aliphatic rings. The van der Waals surface area contributed by atoms with Crippen LogP contribution in [0.15, 0.2) is 18.2 Å². The highest BCUT2D eigenvalue weighted by Gasteiger charge is 2.45. The average Bonchev–Trinajstić information content (AvgIpc) is 3.25. The van der Waals surface area contributed by atoms with Crippen molar-refractivity contribution in [1.82, 2.24) is 5.32 Å². The maximum Gasteiger partial charge on any atom is 0.143 e. The molecule has 1 aliphatic carbocycles. The number of hydrogen-bond donors (Lipinski definition) is 1. The topological polar surface area (TPSA) is 45.0 Å². The Hall–Kier alpha value is -1.53. The van der Waals surface area contributed by atoms with Gasteiger partial charge in [0.05, 0.1) is 6.07 Å². The summed E-state index contributed by atoms with van der Waals surface area (Å²) in [5.74, 6) is 1.75. The molecule has 1 atom stereocenters. The first-order valence-corrected chi connectivity index (χ1v) is 7.36. The van der Waals surface area contributed by atoms with Gasteiger partial charge in [0.2, 0.25) is 0 Å². The number of benzene rings is 1. The summed E-state index contributed by atoms with van der Waals surface area (Å²) in [6, 6.07) is 8.73. The standard InChI is InChI=1S/C17H24N2O/c1-12(2)15-8-5-13(3)9-16(15)20-11-17(10-18,19-4)14-6-7-14/h5,8-9,12,14,19H,6-7,11H2,1-4H3. The molecule has 3 heteroatoms. The lowest BCUT2D eigenvalue weighted by atomic mass is 9.96. The van der Waals surface area contributed by atoms with Crippen molar-refractivity contribution in [2.45, 2.75) is 45.1 Å². The summed E-state index contributed by atoms with van der Waals surface area (Å²) in [5, 5.41) is 12.7. The van der Waals surface area contributed by atoms with E-state index >= 15 is 0 Å². The van der Waals surface area contributed by atoms with E-state index in [1.165, 1.54) is 11.1 Å². The van der Waals surface area contributed by atoms with Gasteiger partial charge in [-0.05, 0) is 55.8 Å². The Bertz CT molecular complexity index is 514. The van der Waals surface area contributed by atoms with E-state index in [0.29, 0.717) is 18.4 Å². The minimum Gasteiger partial charge on any atom is -0.490 e. The zero-order valence-corrected chi connectivity index (χ0v) is 12.9. The molecule has 1 N–H and O–H groups in total. The molecule has 0 aromatic heterocycles. The minimum absolute atomic E-state index is 0.411. The van der Waals surface area contributed by atoms with Gasteiger partial charge >= 0.3 is 0 Å². The van der Waals surface area contributed by atoms with Crippen molar-refractivity contribution in [3.8, 4) is 11.8 Å². The molecule has 20 heavy (non-hydrogen) atoms. The van der Waals surface area contributed by atoms with Crippen molar-refractivity contribution in [2.75, 3.05) is 13.7 Å². The lowest BCUT2D eigenvalue weighted by molar-refractivity contribution is 0.209. The molecule has 1 aromatic carbocycles. The van der Waals surface area contributed by atoms with Crippen molar-refractivity contribution in [3.63, 3.8) is 0 Å². The van der Waals surface area contributed by atoms with E-state index in [9.17, 15) is 5.26 Å². The molecule has 108 valence electrons. The number of nitrogens with zero attached hydrogens (tertiary/aromatic N) is 1. The first-order chi connectivity index (χ1) is 9.52. The van der Waals surface area contributed by atoms with Crippen LogP contribution in [0.1, 0.15) is 43.7 Å². The molecule has 0 heterocycles. The molecule has 3 nitrogen and oxygen atoms in total. The second kappa shape index (κ2) is 5.85. The van der Waals surface area contributed by atoms with Crippen molar-refractivity contribution < 1.29 is 4.74 Å². The fraction of sp³-hybridized carbons (Fsp3) is 0.588. The van der Waals surface area contributed by atoms with Gasteiger partial charge in [0.1, 0.15) is 17.9 Å². The third kappa shape index (κ3) is 2.96.